The van der Waals surface area contributed by atoms with Gasteiger partial charge in [-0.1, -0.05) is 27.7 Å². The number of hydrogen-bond acceptors (Lipinski definition) is 2. The zero-order valence-corrected chi connectivity index (χ0v) is 10.3. The molecule has 0 bridgehead atoms. The van der Waals surface area contributed by atoms with Crippen LogP contribution < -0.4 is 0 Å². The number of nitrogens with zero attached hydrogens (tertiary/aromatic N) is 1. The molecule has 0 aromatic carbocycles. The Hall–Kier alpha value is -0.570. The lowest BCUT2D eigenvalue weighted by Gasteiger charge is -2.19. The van der Waals surface area contributed by atoms with Gasteiger partial charge >= 0.3 is 0 Å². The molecule has 1 aliphatic rings. The van der Waals surface area contributed by atoms with Crippen LogP contribution in [0.1, 0.15) is 34.1 Å². The van der Waals surface area contributed by atoms with Crippen LogP contribution in [0.15, 0.2) is 0 Å². The molecule has 0 radical (unpaired) electrons. The quantitative estimate of drug-likeness (QED) is 0.714. The molecule has 1 atom stereocenters. The summed E-state index contributed by atoms with van der Waals surface area (Å²) in [5.74, 6) is 0.930. The zero-order valence-electron chi connectivity index (χ0n) is 10.3. The molecule has 1 heterocycles. The number of carbonyl (C=O) groups is 1. The normalized spacial score (nSPS) is 21.7. The van der Waals surface area contributed by atoms with Gasteiger partial charge in [0.05, 0.1) is 6.10 Å². The summed E-state index contributed by atoms with van der Waals surface area (Å²) in [7, 11) is 0. The monoisotopic (exact) mass is 213 g/mol. The molecule has 15 heavy (non-hydrogen) atoms. The first-order valence-corrected chi connectivity index (χ1v) is 5.91. The van der Waals surface area contributed by atoms with Gasteiger partial charge in [-0.3, -0.25) is 4.79 Å². The van der Waals surface area contributed by atoms with Crippen LogP contribution in [0.3, 0.4) is 0 Å². The van der Waals surface area contributed by atoms with E-state index < -0.39 is 0 Å². The maximum Gasteiger partial charge on any atom is 0.225 e. The fourth-order valence-electron chi connectivity index (χ4n) is 1.76. The second-order valence-corrected chi connectivity index (χ2v) is 5.08. The lowest BCUT2D eigenvalue weighted by atomic mass is 10.2. The van der Waals surface area contributed by atoms with Gasteiger partial charge in [0.15, 0.2) is 0 Å². The van der Waals surface area contributed by atoms with Crippen LogP contribution in [-0.4, -0.2) is 36.6 Å². The Labute approximate surface area is 92.8 Å². The van der Waals surface area contributed by atoms with Crippen molar-refractivity contribution in [2.75, 3.05) is 19.7 Å². The Balaban J connectivity index is 2.29. The predicted molar refractivity (Wildman–Crippen MR) is 60.6 cm³/mol. The van der Waals surface area contributed by atoms with Crippen LogP contribution in [-0.2, 0) is 9.53 Å². The van der Waals surface area contributed by atoms with Crippen molar-refractivity contribution in [1.29, 1.82) is 0 Å². The number of likely N-dealkylation sites (tertiary alicyclic amines) is 1. The van der Waals surface area contributed by atoms with E-state index in [-0.39, 0.29) is 17.9 Å². The third-order valence-corrected chi connectivity index (χ3v) is 2.62. The minimum Gasteiger partial charge on any atom is -0.376 e. The Bertz CT molecular complexity index is 214. The third kappa shape index (κ3) is 3.82. The van der Waals surface area contributed by atoms with E-state index in [1.165, 1.54) is 0 Å². The maximum absolute atomic E-state index is 11.7. The summed E-state index contributed by atoms with van der Waals surface area (Å²) < 4.78 is 5.73. The summed E-state index contributed by atoms with van der Waals surface area (Å²) in [6, 6.07) is 0. The predicted octanol–water partition coefficient (Wildman–Crippen LogP) is 1.92. The van der Waals surface area contributed by atoms with Crippen molar-refractivity contribution in [2.24, 2.45) is 11.8 Å². The molecule has 1 fully saturated rings. The smallest absolute Gasteiger partial charge is 0.225 e. The highest BCUT2D eigenvalue weighted by Gasteiger charge is 2.27. The van der Waals surface area contributed by atoms with Crippen LogP contribution in [0.5, 0.6) is 0 Å². The van der Waals surface area contributed by atoms with Crippen molar-refractivity contribution in [3.05, 3.63) is 0 Å². The topological polar surface area (TPSA) is 29.5 Å². The maximum atomic E-state index is 11.7. The molecule has 1 aliphatic heterocycles. The molecule has 88 valence electrons. The van der Waals surface area contributed by atoms with E-state index in [2.05, 4.69) is 13.8 Å². The number of rotatable bonds is 4. The minimum absolute atomic E-state index is 0.105. The molecule has 1 rings (SSSR count). The molecule has 0 N–H and O–H groups in total. The molecule has 1 amide bonds. The van der Waals surface area contributed by atoms with Crippen LogP contribution in [0.2, 0.25) is 0 Å². The lowest BCUT2D eigenvalue weighted by Crippen LogP contribution is -2.33. The fourth-order valence-corrected chi connectivity index (χ4v) is 1.76. The van der Waals surface area contributed by atoms with Crippen molar-refractivity contribution < 1.29 is 9.53 Å². The molecule has 0 spiro atoms. The summed E-state index contributed by atoms with van der Waals surface area (Å²) in [5.41, 5.74) is 0. The van der Waals surface area contributed by atoms with Gasteiger partial charge in [0.2, 0.25) is 5.91 Å². The Morgan fingerprint density at radius 1 is 1.40 bits per heavy atom. The van der Waals surface area contributed by atoms with Crippen LogP contribution in [0.25, 0.3) is 0 Å². The van der Waals surface area contributed by atoms with Gasteiger partial charge < -0.3 is 9.64 Å². The number of hydrogen-bond donors (Lipinski definition) is 0. The van der Waals surface area contributed by atoms with Crippen molar-refractivity contribution in [3.63, 3.8) is 0 Å². The molecular weight excluding hydrogens is 190 g/mol. The average molecular weight is 213 g/mol. The average Bonchev–Trinajstić information content (AvgIpc) is 2.61. The molecule has 1 saturated heterocycles. The Kier molecular flexibility index (Phi) is 4.58. The summed E-state index contributed by atoms with van der Waals surface area (Å²) in [4.78, 5) is 13.6. The third-order valence-electron chi connectivity index (χ3n) is 2.62. The fraction of sp³-hybridized carbons (Fsp3) is 0.917. The van der Waals surface area contributed by atoms with Crippen molar-refractivity contribution in [2.45, 2.75) is 40.2 Å². The summed E-state index contributed by atoms with van der Waals surface area (Å²) in [6.45, 7) is 10.6. The highest BCUT2D eigenvalue weighted by molar-refractivity contribution is 5.78. The zero-order chi connectivity index (χ0) is 11.4. The summed E-state index contributed by atoms with van der Waals surface area (Å²) in [5, 5.41) is 0. The molecule has 0 aromatic heterocycles. The highest BCUT2D eigenvalue weighted by Crippen LogP contribution is 2.16. The second kappa shape index (κ2) is 5.50. The molecule has 3 heteroatoms. The molecule has 3 nitrogen and oxygen atoms in total. The van der Waals surface area contributed by atoms with E-state index in [0.29, 0.717) is 5.92 Å². The van der Waals surface area contributed by atoms with Gasteiger partial charge in [-0.05, 0) is 12.3 Å². The van der Waals surface area contributed by atoms with Crippen LogP contribution in [0.4, 0.5) is 0 Å². The van der Waals surface area contributed by atoms with Gasteiger partial charge in [0.25, 0.3) is 0 Å². The van der Waals surface area contributed by atoms with Crippen molar-refractivity contribution in [3.8, 4) is 0 Å². The molecule has 1 unspecified atom stereocenters. The largest absolute Gasteiger partial charge is 0.376 e. The van der Waals surface area contributed by atoms with E-state index in [0.717, 1.165) is 26.1 Å². The summed E-state index contributed by atoms with van der Waals surface area (Å²) in [6.07, 6.45) is 1.25. The van der Waals surface area contributed by atoms with Gasteiger partial charge in [-0.2, -0.15) is 0 Å². The van der Waals surface area contributed by atoms with E-state index >= 15 is 0 Å². The number of amides is 1. The van der Waals surface area contributed by atoms with E-state index in [4.69, 9.17) is 4.74 Å². The summed E-state index contributed by atoms with van der Waals surface area (Å²) >= 11 is 0. The number of ether oxygens (including phenoxy) is 1. The molecule has 0 saturated carbocycles. The minimum atomic E-state index is 0.105. The molecule has 0 aliphatic carbocycles. The Morgan fingerprint density at radius 3 is 2.60 bits per heavy atom. The van der Waals surface area contributed by atoms with Gasteiger partial charge in [0, 0.05) is 25.6 Å². The van der Waals surface area contributed by atoms with Crippen molar-refractivity contribution >= 4 is 5.91 Å². The van der Waals surface area contributed by atoms with Crippen LogP contribution in [0, 0.1) is 11.8 Å². The lowest BCUT2D eigenvalue weighted by molar-refractivity contribution is -0.133. The second-order valence-electron chi connectivity index (χ2n) is 5.08. The van der Waals surface area contributed by atoms with Gasteiger partial charge in [-0.15, -0.1) is 0 Å². The first-order chi connectivity index (χ1) is 7.00. The van der Waals surface area contributed by atoms with Crippen molar-refractivity contribution in [1.82, 2.24) is 4.90 Å². The van der Waals surface area contributed by atoms with Gasteiger partial charge in [0.1, 0.15) is 0 Å². The Morgan fingerprint density at radius 2 is 2.07 bits per heavy atom. The standard InChI is InChI=1S/C12H23NO2/c1-9(2)8-15-11-5-6-13(7-11)12(14)10(3)4/h9-11H,5-8H2,1-4H3. The van der Waals surface area contributed by atoms with E-state index in [1.807, 2.05) is 18.7 Å². The van der Waals surface area contributed by atoms with E-state index in [9.17, 15) is 4.79 Å². The van der Waals surface area contributed by atoms with Gasteiger partial charge in [-0.25, -0.2) is 0 Å². The first kappa shape index (κ1) is 12.5. The van der Waals surface area contributed by atoms with Crippen LogP contribution >= 0.6 is 0 Å². The molecular formula is C12H23NO2. The molecule has 0 aromatic rings. The first-order valence-electron chi connectivity index (χ1n) is 5.91. The van der Waals surface area contributed by atoms with E-state index in [1.54, 1.807) is 0 Å². The number of carbonyl (C=O) groups excluding carboxylic acids is 1. The highest BCUT2D eigenvalue weighted by atomic mass is 16.5. The SMILES string of the molecule is CC(C)COC1CCN(C(=O)C(C)C)C1.